The van der Waals surface area contributed by atoms with E-state index in [1.165, 1.54) is 17.5 Å². The molecule has 0 radical (unpaired) electrons. The van der Waals surface area contributed by atoms with Crippen molar-refractivity contribution in [3.05, 3.63) is 58.6 Å². The summed E-state index contributed by atoms with van der Waals surface area (Å²) in [5, 5.41) is 12.8. The van der Waals surface area contributed by atoms with Gasteiger partial charge in [-0.25, -0.2) is 9.97 Å². The number of fused-ring (bicyclic) bond motifs is 3. The summed E-state index contributed by atoms with van der Waals surface area (Å²) in [4.78, 5) is 8.46. The van der Waals surface area contributed by atoms with Crippen LogP contribution in [0.25, 0.3) is 11.0 Å². The van der Waals surface area contributed by atoms with E-state index in [2.05, 4.69) is 22.1 Å². The highest BCUT2D eigenvalue weighted by atomic mass is 35.5. The third kappa shape index (κ3) is 2.88. The number of hydrogen-bond acceptors (Lipinski definition) is 6. The van der Waals surface area contributed by atoms with Gasteiger partial charge in [0.25, 0.3) is 0 Å². The molecule has 31 heavy (non-hydrogen) atoms. The summed E-state index contributed by atoms with van der Waals surface area (Å²) in [6, 6.07) is 8.03. The van der Waals surface area contributed by atoms with Crippen molar-refractivity contribution >= 4 is 22.6 Å². The topological polar surface area (TPSA) is 78.6 Å². The van der Waals surface area contributed by atoms with E-state index in [1.54, 1.807) is 6.92 Å². The zero-order chi connectivity index (χ0) is 21.5. The Morgan fingerprint density at radius 1 is 1.13 bits per heavy atom. The monoisotopic (exact) mass is 441 g/mol. The van der Waals surface area contributed by atoms with Crippen molar-refractivity contribution in [3.63, 3.8) is 0 Å². The molecule has 4 heterocycles. The second-order valence-corrected chi connectivity index (χ2v) is 9.63. The Bertz CT molecular complexity index is 1190. The lowest BCUT2D eigenvalue weighted by molar-refractivity contribution is -0.221. The number of aromatic nitrogens is 3. The van der Waals surface area contributed by atoms with Gasteiger partial charge < -0.3 is 23.9 Å². The second kappa shape index (κ2) is 6.49. The van der Waals surface area contributed by atoms with Gasteiger partial charge in [0.05, 0.1) is 5.39 Å². The minimum Gasteiger partial charge on any atom is -0.383 e. The Morgan fingerprint density at radius 3 is 2.65 bits per heavy atom. The molecule has 8 heteroatoms. The van der Waals surface area contributed by atoms with Gasteiger partial charge in [-0.3, -0.25) is 0 Å². The fraction of sp³-hybridized carbons (Fsp3) is 0.478. The summed E-state index contributed by atoms with van der Waals surface area (Å²) in [6.45, 7) is 5.55. The lowest BCUT2D eigenvalue weighted by Crippen LogP contribution is -2.45. The average molecular weight is 442 g/mol. The van der Waals surface area contributed by atoms with Crippen LogP contribution in [0.2, 0.25) is 5.15 Å². The summed E-state index contributed by atoms with van der Waals surface area (Å²) >= 11 is 6.25. The predicted octanol–water partition coefficient (Wildman–Crippen LogP) is 3.51. The highest BCUT2D eigenvalue weighted by Crippen LogP contribution is 2.49. The van der Waals surface area contributed by atoms with E-state index in [9.17, 15) is 5.11 Å². The number of hydrogen-bond donors (Lipinski definition) is 1. The van der Waals surface area contributed by atoms with Crippen LogP contribution in [0.5, 0.6) is 0 Å². The van der Waals surface area contributed by atoms with Crippen LogP contribution >= 0.6 is 11.6 Å². The van der Waals surface area contributed by atoms with Crippen LogP contribution in [0, 0.1) is 0 Å². The number of ether oxygens (including phenoxy) is 3. The molecule has 5 atom stereocenters. The highest BCUT2D eigenvalue weighted by Gasteiger charge is 2.60. The minimum atomic E-state index is -1.26. The molecule has 1 N–H and O–H groups in total. The first-order valence-corrected chi connectivity index (χ1v) is 11.0. The van der Waals surface area contributed by atoms with Gasteiger partial charge in [0, 0.05) is 6.20 Å². The third-order valence-corrected chi connectivity index (χ3v) is 7.07. The van der Waals surface area contributed by atoms with E-state index in [0.29, 0.717) is 10.8 Å². The molecule has 0 spiro atoms. The van der Waals surface area contributed by atoms with Crippen molar-refractivity contribution < 1.29 is 19.3 Å². The van der Waals surface area contributed by atoms with E-state index < -0.39 is 35.9 Å². The number of aryl methyl sites for hydroxylation is 2. The first-order valence-electron chi connectivity index (χ1n) is 10.6. The molecule has 1 aromatic carbocycles. The number of benzene rings is 1. The van der Waals surface area contributed by atoms with Gasteiger partial charge in [-0.2, -0.15) is 0 Å². The zero-order valence-corrected chi connectivity index (χ0v) is 18.3. The first kappa shape index (κ1) is 19.6. The van der Waals surface area contributed by atoms with Crippen molar-refractivity contribution in [1.82, 2.24) is 14.5 Å². The molecule has 0 saturated carbocycles. The molecular weight excluding hydrogens is 418 g/mol. The predicted molar refractivity (Wildman–Crippen MR) is 114 cm³/mol. The molecule has 0 amide bonds. The normalized spacial score (nSPS) is 30.6. The number of halogens is 1. The fourth-order valence-electron chi connectivity index (χ4n) is 5.07. The maximum atomic E-state index is 11.7. The lowest BCUT2D eigenvalue weighted by Gasteiger charge is -2.35. The van der Waals surface area contributed by atoms with Crippen LogP contribution in [-0.4, -0.2) is 43.7 Å². The second-order valence-electron chi connectivity index (χ2n) is 9.27. The average Bonchev–Trinajstić information content (AvgIpc) is 3.34. The smallest absolute Gasteiger partial charge is 0.164 e. The number of aliphatic hydroxyl groups is 1. The van der Waals surface area contributed by atoms with Gasteiger partial charge in [0.1, 0.15) is 41.0 Å². The molecule has 2 aromatic heterocycles. The number of nitrogens with zero attached hydrogens (tertiary/aromatic N) is 3. The van der Waals surface area contributed by atoms with Gasteiger partial charge in [-0.05, 0) is 56.4 Å². The van der Waals surface area contributed by atoms with Gasteiger partial charge in [0.15, 0.2) is 12.0 Å². The molecule has 2 fully saturated rings. The van der Waals surface area contributed by atoms with Crippen molar-refractivity contribution in [2.45, 2.75) is 69.5 Å². The Balaban J connectivity index is 1.42. The van der Waals surface area contributed by atoms with Gasteiger partial charge >= 0.3 is 0 Å². The van der Waals surface area contributed by atoms with Crippen LogP contribution in [0.1, 0.15) is 43.7 Å². The van der Waals surface area contributed by atoms with Crippen LogP contribution < -0.4 is 0 Å². The molecule has 162 valence electrons. The SMILES string of the molecule is CC1(C)O[C@@H]2[C@H](O1)[C@H](C(C)(O)c1ccc3c(c1)CC3)O[C@@H]2n1ccc2c(Cl)ncnc21. The zero-order valence-electron chi connectivity index (χ0n) is 17.6. The van der Waals surface area contributed by atoms with E-state index >= 15 is 0 Å². The summed E-state index contributed by atoms with van der Waals surface area (Å²) in [5.41, 5.74) is 2.85. The van der Waals surface area contributed by atoms with E-state index in [-0.39, 0.29) is 0 Å². The van der Waals surface area contributed by atoms with Crippen LogP contribution in [0.15, 0.2) is 36.8 Å². The Hall–Kier alpha value is -2.03. The summed E-state index contributed by atoms with van der Waals surface area (Å²) < 4.78 is 20.9. The van der Waals surface area contributed by atoms with Crippen LogP contribution in [0.3, 0.4) is 0 Å². The lowest BCUT2D eigenvalue weighted by atomic mass is 9.81. The van der Waals surface area contributed by atoms with Crippen LogP contribution in [0.4, 0.5) is 0 Å². The first-order chi connectivity index (χ1) is 14.7. The van der Waals surface area contributed by atoms with Crippen molar-refractivity contribution in [2.75, 3.05) is 0 Å². The molecule has 0 bridgehead atoms. The minimum absolute atomic E-state index is 0.382. The summed E-state index contributed by atoms with van der Waals surface area (Å²) in [6.07, 6.45) is 3.42. The van der Waals surface area contributed by atoms with Crippen molar-refractivity contribution in [1.29, 1.82) is 0 Å². The molecule has 3 aliphatic rings. The third-order valence-electron chi connectivity index (χ3n) is 6.77. The van der Waals surface area contributed by atoms with E-state index in [0.717, 1.165) is 23.8 Å². The molecule has 2 saturated heterocycles. The Labute approximate surface area is 184 Å². The molecule has 1 unspecified atom stereocenters. The quantitative estimate of drug-likeness (QED) is 0.627. The number of rotatable bonds is 3. The van der Waals surface area contributed by atoms with Gasteiger partial charge in [-0.15, -0.1) is 0 Å². The largest absolute Gasteiger partial charge is 0.383 e. The molecular formula is C23H24ClN3O4. The van der Waals surface area contributed by atoms with Gasteiger partial charge in [0.2, 0.25) is 0 Å². The summed E-state index contributed by atoms with van der Waals surface area (Å²) in [5.74, 6) is -0.790. The van der Waals surface area contributed by atoms with Crippen molar-refractivity contribution in [2.24, 2.45) is 0 Å². The molecule has 2 aliphatic heterocycles. The Kier molecular flexibility index (Phi) is 4.11. The standard InChI is InChI=1S/C23H24ClN3O4/c1-22(2)30-16-17(31-22)21(27-9-8-15-19(24)25-11-26-20(15)27)29-18(16)23(3,28)14-7-6-12-4-5-13(12)10-14/h6-11,16-18,21,28H,4-5H2,1-3H3/t16-,17+,18+,21-,23?/m0/s1. The maximum Gasteiger partial charge on any atom is 0.164 e. The van der Waals surface area contributed by atoms with Crippen LogP contribution in [-0.2, 0) is 32.7 Å². The van der Waals surface area contributed by atoms with E-state index in [1.807, 2.05) is 36.7 Å². The molecule has 7 nitrogen and oxygen atoms in total. The maximum absolute atomic E-state index is 11.7. The molecule has 1 aliphatic carbocycles. The molecule has 6 rings (SSSR count). The highest BCUT2D eigenvalue weighted by molar-refractivity contribution is 6.33. The van der Waals surface area contributed by atoms with Crippen molar-refractivity contribution in [3.8, 4) is 0 Å². The molecule has 3 aromatic rings. The van der Waals surface area contributed by atoms with Gasteiger partial charge in [-0.1, -0.05) is 29.8 Å². The van der Waals surface area contributed by atoms with E-state index in [4.69, 9.17) is 25.8 Å². The summed E-state index contributed by atoms with van der Waals surface area (Å²) in [7, 11) is 0. The fourth-order valence-corrected chi connectivity index (χ4v) is 5.26. The Morgan fingerprint density at radius 2 is 1.90 bits per heavy atom.